The molecular weight excluding hydrogens is 294 g/mol. The molecule has 6 heteroatoms. The minimum atomic E-state index is -0.362. The van der Waals surface area contributed by atoms with Gasteiger partial charge in [-0.1, -0.05) is 0 Å². The van der Waals surface area contributed by atoms with Crippen molar-refractivity contribution in [3.05, 3.63) is 53.6 Å². The number of aliphatic hydroxyl groups is 1. The average Bonchev–Trinajstić information content (AvgIpc) is 2.61. The maximum atomic E-state index is 12.4. The van der Waals surface area contributed by atoms with Gasteiger partial charge in [-0.3, -0.25) is 9.78 Å². The van der Waals surface area contributed by atoms with Gasteiger partial charge in [-0.25, -0.2) is 4.98 Å². The van der Waals surface area contributed by atoms with Crippen LogP contribution in [0, 0.1) is 0 Å². The quantitative estimate of drug-likeness (QED) is 0.864. The van der Waals surface area contributed by atoms with E-state index in [1.165, 1.54) is 0 Å². The molecule has 120 valence electrons. The largest absolute Gasteiger partial charge is 0.492 e. The van der Waals surface area contributed by atoms with E-state index in [0.717, 1.165) is 29.7 Å². The molecular formula is C17H19N3O3. The van der Waals surface area contributed by atoms with Gasteiger partial charge in [0.1, 0.15) is 11.4 Å². The number of pyridine rings is 2. The maximum Gasteiger partial charge on any atom is 0.270 e. The molecule has 2 aromatic rings. The predicted molar refractivity (Wildman–Crippen MR) is 84.3 cm³/mol. The molecule has 2 aromatic heterocycles. The van der Waals surface area contributed by atoms with Crippen LogP contribution in [-0.4, -0.2) is 40.2 Å². The summed E-state index contributed by atoms with van der Waals surface area (Å²) in [6, 6.07) is 5.14. The van der Waals surface area contributed by atoms with Crippen LogP contribution in [0.1, 0.15) is 28.0 Å². The van der Waals surface area contributed by atoms with Gasteiger partial charge in [0.2, 0.25) is 0 Å². The zero-order chi connectivity index (χ0) is 16.1. The predicted octanol–water partition coefficient (Wildman–Crippen LogP) is 1.13. The Balaban J connectivity index is 1.67. The fourth-order valence-corrected chi connectivity index (χ4v) is 2.60. The van der Waals surface area contributed by atoms with E-state index in [1.807, 2.05) is 12.1 Å². The minimum Gasteiger partial charge on any atom is -0.492 e. The van der Waals surface area contributed by atoms with Crippen LogP contribution in [-0.2, 0) is 12.8 Å². The number of hydrogen-bond donors (Lipinski definition) is 2. The van der Waals surface area contributed by atoms with Crippen LogP contribution < -0.4 is 10.1 Å². The van der Waals surface area contributed by atoms with Crippen molar-refractivity contribution >= 4 is 5.91 Å². The van der Waals surface area contributed by atoms with Crippen molar-refractivity contribution in [3.8, 4) is 5.75 Å². The van der Waals surface area contributed by atoms with E-state index in [4.69, 9.17) is 4.74 Å². The number of nitrogens with one attached hydrogen (secondary N) is 1. The van der Waals surface area contributed by atoms with E-state index in [-0.39, 0.29) is 18.6 Å². The molecule has 0 unspecified atom stereocenters. The molecule has 1 aliphatic heterocycles. The highest BCUT2D eigenvalue weighted by Crippen LogP contribution is 2.23. The van der Waals surface area contributed by atoms with Crippen molar-refractivity contribution in [2.45, 2.75) is 25.3 Å². The molecule has 1 atom stereocenters. The summed E-state index contributed by atoms with van der Waals surface area (Å²) in [4.78, 5) is 20.5. The minimum absolute atomic E-state index is 0.137. The fourth-order valence-electron chi connectivity index (χ4n) is 2.60. The third-order valence-corrected chi connectivity index (χ3v) is 3.82. The number of ether oxygens (including phenoxy) is 1. The summed E-state index contributed by atoms with van der Waals surface area (Å²) >= 11 is 0. The third kappa shape index (κ3) is 3.84. The number of aromatic nitrogens is 2. The highest BCUT2D eigenvalue weighted by atomic mass is 16.5. The zero-order valence-corrected chi connectivity index (χ0v) is 12.7. The van der Waals surface area contributed by atoms with E-state index in [2.05, 4.69) is 15.3 Å². The van der Waals surface area contributed by atoms with Gasteiger partial charge in [0.05, 0.1) is 25.5 Å². The lowest BCUT2D eigenvalue weighted by molar-refractivity contribution is 0.0911. The number of hydrogen-bond acceptors (Lipinski definition) is 5. The SMILES string of the molecule is O=C(N[C@H](CO)Cc1ccncc1)c1cc2c(cn1)OCCC2. The van der Waals surface area contributed by atoms with Crippen molar-refractivity contribution in [1.29, 1.82) is 0 Å². The first-order valence-corrected chi connectivity index (χ1v) is 7.68. The number of carbonyl (C=O) groups is 1. The van der Waals surface area contributed by atoms with Gasteiger partial charge in [0.15, 0.2) is 0 Å². The molecule has 0 aromatic carbocycles. The normalized spacial score (nSPS) is 14.5. The molecule has 1 amide bonds. The van der Waals surface area contributed by atoms with Crippen LogP contribution in [0.2, 0.25) is 0 Å². The first-order valence-electron chi connectivity index (χ1n) is 7.68. The topological polar surface area (TPSA) is 84.3 Å². The summed E-state index contributed by atoms with van der Waals surface area (Å²) in [7, 11) is 0. The number of carbonyl (C=O) groups excluding carboxylic acids is 1. The van der Waals surface area contributed by atoms with Crippen molar-refractivity contribution in [2.24, 2.45) is 0 Å². The summed E-state index contributed by atoms with van der Waals surface area (Å²) < 4.78 is 5.50. The smallest absolute Gasteiger partial charge is 0.270 e. The van der Waals surface area contributed by atoms with E-state index in [0.29, 0.717) is 18.7 Å². The summed E-state index contributed by atoms with van der Waals surface area (Å²) in [5, 5.41) is 12.3. The Morgan fingerprint density at radius 2 is 2.22 bits per heavy atom. The van der Waals surface area contributed by atoms with Gasteiger partial charge < -0.3 is 15.2 Å². The van der Waals surface area contributed by atoms with E-state index >= 15 is 0 Å². The lowest BCUT2D eigenvalue weighted by Crippen LogP contribution is -2.39. The summed E-state index contributed by atoms with van der Waals surface area (Å²) in [5.74, 6) is 0.467. The molecule has 0 fully saturated rings. The molecule has 0 saturated carbocycles. The number of aryl methyl sites for hydroxylation is 1. The van der Waals surface area contributed by atoms with Crippen LogP contribution in [0.4, 0.5) is 0 Å². The van der Waals surface area contributed by atoms with Gasteiger partial charge in [-0.05, 0) is 48.6 Å². The standard InChI is InChI=1S/C17H19N3O3/c21-11-14(8-12-3-5-18-6-4-12)20-17(22)15-9-13-2-1-7-23-16(13)10-19-15/h3-6,9-10,14,21H,1-2,7-8,11H2,(H,20,22)/t14-/m0/s1. The van der Waals surface area contributed by atoms with Gasteiger partial charge >= 0.3 is 0 Å². The molecule has 3 rings (SSSR count). The lowest BCUT2D eigenvalue weighted by atomic mass is 10.1. The Morgan fingerprint density at radius 1 is 1.39 bits per heavy atom. The monoisotopic (exact) mass is 313 g/mol. The molecule has 0 spiro atoms. The second-order valence-electron chi connectivity index (χ2n) is 5.54. The van der Waals surface area contributed by atoms with E-state index in [1.54, 1.807) is 24.7 Å². The van der Waals surface area contributed by atoms with Gasteiger partial charge in [0.25, 0.3) is 5.91 Å². The van der Waals surface area contributed by atoms with Gasteiger partial charge in [-0.2, -0.15) is 0 Å². The third-order valence-electron chi connectivity index (χ3n) is 3.82. The Kier molecular flexibility index (Phi) is 4.83. The van der Waals surface area contributed by atoms with Gasteiger partial charge in [0, 0.05) is 12.4 Å². The van der Waals surface area contributed by atoms with Crippen LogP contribution >= 0.6 is 0 Å². The number of fused-ring (bicyclic) bond motifs is 1. The average molecular weight is 313 g/mol. The summed E-state index contributed by atoms with van der Waals surface area (Å²) in [5.41, 5.74) is 2.36. The molecule has 2 N–H and O–H groups in total. The maximum absolute atomic E-state index is 12.4. The number of rotatable bonds is 5. The molecule has 23 heavy (non-hydrogen) atoms. The van der Waals surface area contributed by atoms with Crippen molar-refractivity contribution in [2.75, 3.05) is 13.2 Å². The van der Waals surface area contributed by atoms with Crippen molar-refractivity contribution in [3.63, 3.8) is 0 Å². The Hall–Kier alpha value is -2.47. The molecule has 6 nitrogen and oxygen atoms in total. The van der Waals surface area contributed by atoms with Crippen LogP contribution in [0.3, 0.4) is 0 Å². The second kappa shape index (κ2) is 7.19. The Bertz CT molecular complexity index is 676. The molecule has 3 heterocycles. The second-order valence-corrected chi connectivity index (χ2v) is 5.54. The van der Waals surface area contributed by atoms with Crippen LogP contribution in [0.15, 0.2) is 36.8 Å². The molecule has 0 radical (unpaired) electrons. The fraction of sp³-hybridized carbons (Fsp3) is 0.353. The molecule has 0 aliphatic carbocycles. The first-order chi connectivity index (χ1) is 11.3. The van der Waals surface area contributed by atoms with Crippen molar-refractivity contribution in [1.82, 2.24) is 15.3 Å². The Labute approximate surface area is 134 Å². The first kappa shape index (κ1) is 15.4. The Morgan fingerprint density at radius 3 is 3.00 bits per heavy atom. The van der Waals surface area contributed by atoms with Crippen LogP contribution in [0.5, 0.6) is 5.75 Å². The molecule has 0 saturated heterocycles. The highest BCUT2D eigenvalue weighted by Gasteiger charge is 2.18. The number of amides is 1. The van der Waals surface area contributed by atoms with Crippen molar-refractivity contribution < 1.29 is 14.6 Å². The zero-order valence-electron chi connectivity index (χ0n) is 12.7. The molecule has 1 aliphatic rings. The number of aliphatic hydroxyl groups excluding tert-OH is 1. The molecule has 0 bridgehead atoms. The lowest BCUT2D eigenvalue weighted by Gasteiger charge is -2.19. The summed E-state index contributed by atoms with van der Waals surface area (Å²) in [6.45, 7) is 0.556. The van der Waals surface area contributed by atoms with E-state index < -0.39 is 0 Å². The highest BCUT2D eigenvalue weighted by molar-refractivity contribution is 5.92. The van der Waals surface area contributed by atoms with Crippen LogP contribution in [0.25, 0.3) is 0 Å². The van der Waals surface area contributed by atoms with E-state index in [9.17, 15) is 9.90 Å². The summed E-state index contributed by atoms with van der Waals surface area (Å²) in [6.07, 6.45) is 7.35. The number of nitrogens with zero attached hydrogens (tertiary/aromatic N) is 2. The van der Waals surface area contributed by atoms with Gasteiger partial charge in [-0.15, -0.1) is 0 Å².